The zero-order valence-electron chi connectivity index (χ0n) is 17.8. The van der Waals surface area contributed by atoms with Crippen molar-refractivity contribution in [1.82, 2.24) is 24.8 Å². The first-order chi connectivity index (χ1) is 16.3. The highest BCUT2D eigenvalue weighted by Crippen LogP contribution is 2.32. The Bertz CT molecular complexity index is 1350. The minimum Gasteiger partial charge on any atom is -0.460 e. The summed E-state index contributed by atoms with van der Waals surface area (Å²) in [5.41, 5.74) is 1.55. The average molecular weight is 460 g/mol. The summed E-state index contributed by atoms with van der Waals surface area (Å²) >= 11 is 1.48. The quantitative estimate of drug-likeness (QED) is 0.348. The molecular formula is C24H21N5O3S. The number of nitrogens with zero attached hydrogens (tertiary/aromatic N) is 5. The molecule has 0 atom stereocenters. The Morgan fingerprint density at radius 2 is 1.85 bits per heavy atom. The minimum absolute atomic E-state index is 0.150. The van der Waals surface area contributed by atoms with Crippen molar-refractivity contribution in [3.63, 3.8) is 0 Å². The highest BCUT2D eigenvalue weighted by Gasteiger charge is 2.22. The number of likely N-dealkylation sites (tertiary alicyclic amines) is 1. The van der Waals surface area contributed by atoms with Gasteiger partial charge in [0.2, 0.25) is 0 Å². The number of pyridine rings is 1. The molecule has 0 aliphatic carbocycles. The number of fused-ring (bicyclic) bond motifs is 2. The van der Waals surface area contributed by atoms with Crippen molar-refractivity contribution in [1.29, 1.82) is 0 Å². The summed E-state index contributed by atoms with van der Waals surface area (Å²) in [4.78, 5) is 19.4. The lowest BCUT2D eigenvalue weighted by Gasteiger charge is -2.30. The third-order valence-electron chi connectivity index (χ3n) is 5.62. The number of thiazole rings is 1. The predicted octanol–water partition coefficient (Wildman–Crippen LogP) is 5.06. The summed E-state index contributed by atoms with van der Waals surface area (Å²) in [7, 11) is 0. The van der Waals surface area contributed by atoms with Gasteiger partial charge in [-0.25, -0.2) is 15.0 Å². The molecule has 0 spiro atoms. The monoisotopic (exact) mass is 459 g/mol. The van der Waals surface area contributed by atoms with Crippen LogP contribution in [0.2, 0.25) is 0 Å². The topological polar surface area (TPSA) is 86.4 Å². The third-order valence-corrected chi connectivity index (χ3v) is 6.51. The van der Waals surface area contributed by atoms with Crippen molar-refractivity contribution in [3.05, 3.63) is 66.8 Å². The Labute approximate surface area is 193 Å². The van der Waals surface area contributed by atoms with E-state index in [1.165, 1.54) is 11.3 Å². The molecule has 0 bridgehead atoms. The summed E-state index contributed by atoms with van der Waals surface area (Å²) in [6.07, 6.45) is 7.16. The molecule has 1 aliphatic rings. The fourth-order valence-electron chi connectivity index (χ4n) is 4.01. The Balaban J connectivity index is 1.09. The number of hydrogen-bond acceptors (Lipinski definition) is 9. The molecule has 1 fully saturated rings. The summed E-state index contributed by atoms with van der Waals surface area (Å²) in [6, 6.07) is 14.1. The van der Waals surface area contributed by atoms with E-state index < -0.39 is 0 Å². The molecule has 6 rings (SSSR count). The molecule has 4 aromatic heterocycles. The van der Waals surface area contributed by atoms with E-state index in [2.05, 4.69) is 30.9 Å². The van der Waals surface area contributed by atoms with E-state index in [1.54, 1.807) is 24.7 Å². The summed E-state index contributed by atoms with van der Waals surface area (Å²) < 4.78 is 19.0. The van der Waals surface area contributed by atoms with Gasteiger partial charge >= 0.3 is 6.01 Å². The lowest BCUT2D eigenvalue weighted by molar-refractivity contribution is 0.0860. The molecule has 1 saturated heterocycles. The average Bonchev–Trinajstić information content (AvgIpc) is 3.43. The van der Waals surface area contributed by atoms with Crippen LogP contribution in [0.5, 0.6) is 17.0 Å². The molecule has 1 aliphatic heterocycles. The van der Waals surface area contributed by atoms with Crippen molar-refractivity contribution in [2.24, 2.45) is 0 Å². The van der Waals surface area contributed by atoms with Gasteiger partial charge in [0.25, 0.3) is 5.19 Å². The van der Waals surface area contributed by atoms with E-state index >= 15 is 0 Å². The molecule has 1 aromatic carbocycles. The maximum Gasteiger partial charge on any atom is 0.316 e. The Kier molecular flexibility index (Phi) is 5.33. The van der Waals surface area contributed by atoms with Gasteiger partial charge in [-0.05, 0) is 55.3 Å². The molecule has 0 radical (unpaired) electrons. The van der Waals surface area contributed by atoms with Gasteiger partial charge in [-0.3, -0.25) is 4.90 Å². The van der Waals surface area contributed by atoms with Crippen LogP contribution >= 0.6 is 11.3 Å². The number of benzene rings is 1. The number of piperidine rings is 1. The zero-order valence-corrected chi connectivity index (χ0v) is 18.6. The standard InChI is InChI=1S/C24H21N5O3S/c1-3-21-22(25-8-1)28-24(33-21)32-18-4-5-20-16(13-18)14-19(30-20)15-29-11-6-17(7-12-29)31-23-26-9-2-10-27-23/h1-5,8-10,13-14,17H,6-7,11-12,15H2. The zero-order chi connectivity index (χ0) is 22.0. The van der Waals surface area contributed by atoms with Crippen molar-refractivity contribution in [2.45, 2.75) is 25.5 Å². The summed E-state index contributed by atoms with van der Waals surface area (Å²) in [5, 5.41) is 1.60. The fourth-order valence-corrected chi connectivity index (χ4v) is 4.81. The van der Waals surface area contributed by atoms with Crippen LogP contribution in [0, 0.1) is 0 Å². The van der Waals surface area contributed by atoms with Gasteiger partial charge in [-0.15, -0.1) is 0 Å². The molecule has 0 unspecified atom stereocenters. The lowest BCUT2D eigenvalue weighted by atomic mass is 10.1. The maximum atomic E-state index is 6.08. The molecule has 8 nitrogen and oxygen atoms in total. The van der Waals surface area contributed by atoms with Crippen LogP contribution in [-0.2, 0) is 6.54 Å². The van der Waals surface area contributed by atoms with Crippen LogP contribution in [0.25, 0.3) is 21.3 Å². The van der Waals surface area contributed by atoms with E-state index in [4.69, 9.17) is 13.9 Å². The first kappa shape index (κ1) is 20.1. The molecule has 9 heteroatoms. The van der Waals surface area contributed by atoms with Gasteiger partial charge in [0.05, 0.1) is 11.2 Å². The van der Waals surface area contributed by atoms with Crippen LogP contribution < -0.4 is 9.47 Å². The molecule has 166 valence electrons. The molecular weight excluding hydrogens is 438 g/mol. The second kappa shape index (κ2) is 8.76. The first-order valence-corrected chi connectivity index (χ1v) is 11.7. The molecule has 0 saturated carbocycles. The van der Waals surface area contributed by atoms with Crippen LogP contribution in [0.3, 0.4) is 0 Å². The molecule has 33 heavy (non-hydrogen) atoms. The first-order valence-electron chi connectivity index (χ1n) is 10.9. The summed E-state index contributed by atoms with van der Waals surface area (Å²) in [5.74, 6) is 1.67. The van der Waals surface area contributed by atoms with E-state index in [9.17, 15) is 0 Å². The molecule has 5 aromatic rings. The number of aromatic nitrogens is 4. The Morgan fingerprint density at radius 1 is 1.00 bits per heavy atom. The SMILES string of the molecule is c1cnc(OC2CCN(Cc3cc4cc(Oc5nc6ncccc6s5)ccc4o3)CC2)nc1. The minimum atomic E-state index is 0.150. The van der Waals surface area contributed by atoms with Crippen molar-refractivity contribution in [3.8, 4) is 17.0 Å². The van der Waals surface area contributed by atoms with E-state index in [0.29, 0.717) is 16.9 Å². The maximum absolute atomic E-state index is 6.08. The lowest BCUT2D eigenvalue weighted by Crippen LogP contribution is -2.37. The van der Waals surface area contributed by atoms with E-state index in [-0.39, 0.29) is 6.10 Å². The smallest absolute Gasteiger partial charge is 0.316 e. The van der Waals surface area contributed by atoms with Gasteiger partial charge in [-0.1, -0.05) is 11.3 Å². The number of rotatable bonds is 6. The van der Waals surface area contributed by atoms with E-state index in [0.717, 1.165) is 59.7 Å². The third kappa shape index (κ3) is 4.50. The Hall–Kier alpha value is -3.56. The van der Waals surface area contributed by atoms with Crippen molar-refractivity contribution >= 4 is 32.7 Å². The second-order valence-electron chi connectivity index (χ2n) is 7.94. The van der Waals surface area contributed by atoms with Crippen LogP contribution in [0.15, 0.2) is 65.5 Å². The van der Waals surface area contributed by atoms with Gasteiger partial charge in [-0.2, -0.15) is 4.98 Å². The van der Waals surface area contributed by atoms with E-state index in [1.807, 2.05) is 30.3 Å². The normalized spacial score (nSPS) is 15.3. The largest absolute Gasteiger partial charge is 0.460 e. The molecule has 0 N–H and O–H groups in total. The van der Waals surface area contributed by atoms with Gasteiger partial charge in [0.1, 0.15) is 23.2 Å². The number of furan rings is 1. The van der Waals surface area contributed by atoms with Gasteiger partial charge in [0, 0.05) is 37.1 Å². The highest BCUT2D eigenvalue weighted by molar-refractivity contribution is 7.20. The van der Waals surface area contributed by atoms with Crippen LogP contribution in [-0.4, -0.2) is 44.0 Å². The number of ether oxygens (including phenoxy) is 2. The second-order valence-corrected chi connectivity index (χ2v) is 8.94. The van der Waals surface area contributed by atoms with Gasteiger partial charge in [0.15, 0.2) is 5.65 Å². The number of hydrogen-bond donors (Lipinski definition) is 0. The summed E-state index contributed by atoms with van der Waals surface area (Å²) in [6.45, 7) is 2.64. The van der Waals surface area contributed by atoms with Crippen molar-refractivity contribution in [2.75, 3.05) is 13.1 Å². The predicted molar refractivity (Wildman–Crippen MR) is 125 cm³/mol. The molecule has 5 heterocycles. The fraction of sp³-hybridized carbons (Fsp3) is 0.250. The Morgan fingerprint density at radius 3 is 2.70 bits per heavy atom. The van der Waals surface area contributed by atoms with Crippen molar-refractivity contribution < 1.29 is 13.9 Å². The van der Waals surface area contributed by atoms with Crippen LogP contribution in [0.4, 0.5) is 0 Å². The highest BCUT2D eigenvalue weighted by atomic mass is 32.1. The van der Waals surface area contributed by atoms with Crippen LogP contribution in [0.1, 0.15) is 18.6 Å². The molecule has 0 amide bonds. The van der Waals surface area contributed by atoms with Gasteiger partial charge < -0.3 is 13.9 Å².